The van der Waals surface area contributed by atoms with E-state index in [2.05, 4.69) is 9.97 Å². The van der Waals surface area contributed by atoms with Gasteiger partial charge in [-0.2, -0.15) is 4.98 Å². The van der Waals surface area contributed by atoms with Crippen molar-refractivity contribution in [2.75, 3.05) is 6.26 Å². The quantitative estimate of drug-likeness (QED) is 0.381. The molecule has 4 rings (SSSR count). The third-order valence-corrected chi connectivity index (χ3v) is 5.31. The normalized spacial score (nSPS) is 11.1. The second-order valence-electron chi connectivity index (χ2n) is 6.10. The first kappa shape index (κ1) is 18.5. The van der Waals surface area contributed by atoms with Crippen molar-refractivity contribution in [3.05, 3.63) is 92.5 Å². The first-order valence-corrected chi connectivity index (χ1v) is 10.0. The first-order valence-electron chi connectivity index (χ1n) is 8.44. The molecule has 28 heavy (non-hydrogen) atoms. The molecule has 0 saturated heterocycles. The van der Waals surface area contributed by atoms with Gasteiger partial charge in [0.15, 0.2) is 5.82 Å². The maximum Gasteiger partial charge on any atom is 0.357 e. The molecule has 3 heterocycles. The van der Waals surface area contributed by atoms with E-state index in [0.717, 1.165) is 15.0 Å². The fourth-order valence-corrected chi connectivity index (χ4v) is 3.49. The SMILES string of the molecule is CSc1ccc(-n2c(=O)nc3n(Cc4ccc(Cl)nc4)cccc-3c2=O)cc1. The monoisotopic (exact) mass is 410 g/mol. The van der Waals surface area contributed by atoms with E-state index in [-0.39, 0.29) is 0 Å². The van der Waals surface area contributed by atoms with Gasteiger partial charge in [-0.15, -0.1) is 11.8 Å². The molecule has 0 atom stereocenters. The summed E-state index contributed by atoms with van der Waals surface area (Å²) >= 11 is 7.42. The van der Waals surface area contributed by atoms with Gasteiger partial charge in [0.25, 0.3) is 5.56 Å². The highest BCUT2D eigenvalue weighted by Gasteiger charge is 2.18. The molecule has 0 saturated carbocycles. The van der Waals surface area contributed by atoms with Crippen LogP contribution in [0.1, 0.15) is 5.56 Å². The van der Waals surface area contributed by atoms with Crippen molar-refractivity contribution in [3.63, 3.8) is 0 Å². The smallest absolute Gasteiger partial charge is 0.328 e. The van der Waals surface area contributed by atoms with Crippen molar-refractivity contribution in [2.45, 2.75) is 11.4 Å². The van der Waals surface area contributed by atoms with E-state index in [1.807, 2.05) is 24.5 Å². The summed E-state index contributed by atoms with van der Waals surface area (Å²) in [5.41, 5.74) is 0.754. The van der Waals surface area contributed by atoms with Crippen molar-refractivity contribution in [2.24, 2.45) is 0 Å². The molecule has 0 spiro atoms. The summed E-state index contributed by atoms with van der Waals surface area (Å²) in [7, 11) is 0. The number of halogens is 1. The summed E-state index contributed by atoms with van der Waals surface area (Å²) in [6, 6.07) is 14.2. The lowest BCUT2D eigenvalue weighted by Gasteiger charge is -2.15. The van der Waals surface area contributed by atoms with Crippen LogP contribution in [-0.2, 0) is 6.54 Å². The molecule has 0 unspecified atom stereocenters. The molecule has 0 bridgehead atoms. The fourth-order valence-electron chi connectivity index (χ4n) is 2.97. The van der Waals surface area contributed by atoms with E-state index in [9.17, 15) is 9.59 Å². The average molecular weight is 411 g/mol. The average Bonchev–Trinajstić information content (AvgIpc) is 2.71. The highest BCUT2D eigenvalue weighted by Crippen LogP contribution is 2.18. The minimum absolute atomic E-state index is 0.337. The minimum atomic E-state index is -0.608. The highest BCUT2D eigenvalue weighted by atomic mass is 35.5. The van der Waals surface area contributed by atoms with Gasteiger partial charge in [-0.25, -0.2) is 14.3 Å². The third-order valence-electron chi connectivity index (χ3n) is 4.34. The summed E-state index contributed by atoms with van der Waals surface area (Å²) in [6.45, 7) is 0.416. The van der Waals surface area contributed by atoms with Crippen LogP contribution in [0.25, 0.3) is 17.1 Å². The Morgan fingerprint density at radius 1 is 1.07 bits per heavy atom. The number of hydrogen-bond donors (Lipinski definition) is 0. The van der Waals surface area contributed by atoms with Gasteiger partial charge in [0.1, 0.15) is 5.15 Å². The first-order chi connectivity index (χ1) is 13.6. The van der Waals surface area contributed by atoms with E-state index in [4.69, 9.17) is 11.6 Å². The highest BCUT2D eigenvalue weighted by molar-refractivity contribution is 7.98. The van der Waals surface area contributed by atoms with Crippen molar-refractivity contribution in [1.82, 2.24) is 19.1 Å². The van der Waals surface area contributed by atoms with E-state index in [1.165, 1.54) is 0 Å². The van der Waals surface area contributed by atoms with Crippen molar-refractivity contribution < 1.29 is 0 Å². The predicted molar refractivity (Wildman–Crippen MR) is 111 cm³/mol. The second-order valence-corrected chi connectivity index (χ2v) is 7.36. The molecule has 2 aliphatic rings. The molecule has 0 radical (unpaired) electrons. The lowest BCUT2D eigenvalue weighted by atomic mass is 10.2. The third kappa shape index (κ3) is 3.46. The molecular weight excluding hydrogens is 396 g/mol. The van der Waals surface area contributed by atoms with Gasteiger partial charge in [0.05, 0.1) is 17.8 Å². The molecule has 6 nitrogen and oxygen atoms in total. The van der Waals surface area contributed by atoms with E-state index >= 15 is 0 Å². The number of rotatable bonds is 4. The number of thioether (sulfide) groups is 1. The van der Waals surface area contributed by atoms with Crippen molar-refractivity contribution in [3.8, 4) is 17.1 Å². The Labute approximate surface area is 169 Å². The number of nitrogens with zero attached hydrogens (tertiary/aromatic N) is 4. The molecule has 140 valence electrons. The van der Waals surface area contributed by atoms with E-state index < -0.39 is 11.2 Å². The molecular formula is C20H15ClN4O2S. The summed E-state index contributed by atoms with van der Waals surface area (Å²) in [5, 5.41) is 0.405. The lowest BCUT2D eigenvalue weighted by Crippen LogP contribution is -2.36. The molecule has 0 amide bonds. The standard InChI is InChI=1S/C20H15ClN4O2S/c1-28-15-7-5-14(6-8-15)25-19(26)16-3-2-10-24(18(16)23-20(25)27)12-13-4-9-17(21)22-11-13/h2-11H,12H2,1H3. The number of benzene rings is 1. The number of hydrogen-bond acceptors (Lipinski definition) is 5. The van der Waals surface area contributed by atoms with Gasteiger partial charge in [0, 0.05) is 17.3 Å². The Morgan fingerprint density at radius 3 is 2.54 bits per heavy atom. The van der Waals surface area contributed by atoms with Crippen LogP contribution in [0, 0.1) is 0 Å². The predicted octanol–water partition coefficient (Wildman–Crippen LogP) is 3.32. The Hall–Kier alpha value is -2.90. The zero-order valence-corrected chi connectivity index (χ0v) is 16.4. The minimum Gasteiger partial charge on any atom is -0.328 e. The maximum absolute atomic E-state index is 13.0. The zero-order valence-electron chi connectivity index (χ0n) is 14.9. The zero-order chi connectivity index (χ0) is 19.7. The summed E-state index contributed by atoms with van der Waals surface area (Å²) < 4.78 is 2.85. The second kappa shape index (κ2) is 7.61. The molecule has 0 fully saturated rings. The summed E-state index contributed by atoms with van der Waals surface area (Å²) in [4.78, 5) is 35.0. The summed E-state index contributed by atoms with van der Waals surface area (Å²) in [5.74, 6) is 0.337. The Kier molecular flexibility index (Phi) is 5.02. The topological polar surface area (TPSA) is 69.8 Å². The van der Waals surface area contributed by atoms with Crippen LogP contribution in [0.4, 0.5) is 0 Å². The molecule has 1 aromatic carbocycles. The van der Waals surface area contributed by atoms with Gasteiger partial charge in [-0.05, 0) is 54.3 Å². The van der Waals surface area contributed by atoms with Crippen LogP contribution < -0.4 is 11.2 Å². The molecule has 2 aliphatic heterocycles. The van der Waals surface area contributed by atoms with Crippen LogP contribution in [-0.4, -0.2) is 25.4 Å². The van der Waals surface area contributed by atoms with Gasteiger partial charge in [-0.1, -0.05) is 17.7 Å². The van der Waals surface area contributed by atoms with Gasteiger partial charge >= 0.3 is 5.69 Å². The van der Waals surface area contributed by atoms with Crippen LogP contribution >= 0.6 is 23.4 Å². The number of pyridine rings is 2. The van der Waals surface area contributed by atoms with Gasteiger partial charge in [0.2, 0.25) is 0 Å². The fraction of sp³-hybridized carbons (Fsp3) is 0.100. The van der Waals surface area contributed by atoms with Crippen LogP contribution in [0.15, 0.2) is 75.4 Å². The maximum atomic E-state index is 13.0. The Bertz CT molecular complexity index is 1220. The van der Waals surface area contributed by atoms with Gasteiger partial charge in [-0.3, -0.25) is 4.79 Å². The van der Waals surface area contributed by atoms with Crippen LogP contribution in [0.5, 0.6) is 0 Å². The van der Waals surface area contributed by atoms with E-state index in [0.29, 0.717) is 28.8 Å². The number of aromatic nitrogens is 4. The Balaban J connectivity index is 1.83. The van der Waals surface area contributed by atoms with Crippen molar-refractivity contribution in [1.29, 1.82) is 0 Å². The lowest BCUT2D eigenvalue weighted by molar-refractivity contribution is 0.750. The molecule has 2 aromatic rings. The van der Waals surface area contributed by atoms with Crippen LogP contribution in [0.3, 0.4) is 0 Å². The van der Waals surface area contributed by atoms with Gasteiger partial charge < -0.3 is 4.57 Å². The van der Waals surface area contributed by atoms with Crippen molar-refractivity contribution >= 4 is 23.4 Å². The molecule has 0 N–H and O–H groups in total. The molecule has 8 heteroatoms. The number of fused-ring (bicyclic) bond motifs is 1. The van der Waals surface area contributed by atoms with E-state index in [1.54, 1.807) is 59.1 Å². The molecule has 1 aromatic heterocycles. The summed E-state index contributed by atoms with van der Waals surface area (Å²) in [6.07, 6.45) is 5.40. The van der Waals surface area contributed by atoms with Crippen LogP contribution in [0.2, 0.25) is 5.15 Å². The molecule has 0 aliphatic carbocycles. The Morgan fingerprint density at radius 2 is 1.86 bits per heavy atom. The largest absolute Gasteiger partial charge is 0.357 e.